The zero-order valence-electron chi connectivity index (χ0n) is 19.7. The maximum atomic E-state index is 12.7. The van der Waals surface area contributed by atoms with Crippen LogP contribution in [-0.2, 0) is 0 Å². The van der Waals surface area contributed by atoms with Crippen LogP contribution >= 0.6 is 22.9 Å². The van der Waals surface area contributed by atoms with Gasteiger partial charge in [-0.2, -0.15) is 0 Å². The summed E-state index contributed by atoms with van der Waals surface area (Å²) in [4.78, 5) is 27.7. The topological polar surface area (TPSA) is 73.4 Å². The Bertz CT molecular complexity index is 1180. The van der Waals surface area contributed by atoms with Gasteiger partial charge in [-0.1, -0.05) is 17.7 Å². The van der Waals surface area contributed by atoms with Crippen LogP contribution in [0, 0.1) is 0 Å². The van der Waals surface area contributed by atoms with Gasteiger partial charge in [-0.15, -0.1) is 11.3 Å². The van der Waals surface area contributed by atoms with Crippen LogP contribution in [0.2, 0.25) is 5.02 Å². The van der Waals surface area contributed by atoms with Crippen molar-refractivity contribution in [2.24, 2.45) is 0 Å². The fourth-order valence-corrected chi connectivity index (χ4v) is 5.82. The van der Waals surface area contributed by atoms with Crippen molar-refractivity contribution >= 4 is 44.9 Å². The number of rotatable bonds is 8. The van der Waals surface area contributed by atoms with Gasteiger partial charge in [-0.05, 0) is 51.4 Å². The van der Waals surface area contributed by atoms with Crippen LogP contribution in [0.4, 0.5) is 5.95 Å². The number of likely N-dealkylation sites (N-methyl/N-ethyl adjacent to an activating group) is 1. The second kappa shape index (κ2) is 10.2. The fraction of sp³-hybridized carbons (Fsp3) is 0.480. The molecule has 5 rings (SSSR count). The first-order valence-corrected chi connectivity index (χ1v) is 13.2. The molecule has 2 aromatic heterocycles. The maximum Gasteiger partial charge on any atom is 0.252 e. The Balaban J connectivity index is 1.26. The van der Waals surface area contributed by atoms with E-state index in [9.17, 15) is 4.79 Å². The Morgan fingerprint density at radius 2 is 2.15 bits per heavy atom. The van der Waals surface area contributed by atoms with E-state index in [1.54, 1.807) is 17.5 Å². The van der Waals surface area contributed by atoms with Crippen LogP contribution in [0.1, 0.15) is 36.5 Å². The third kappa shape index (κ3) is 5.35. The highest BCUT2D eigenvalue weighted by Gasteiger charge is 2.25. The van der Waals surface area contributed by atoms with Crippen LogP contribution in [-0.4, -0.2) is 77.5 Å². The van der Waals surface area contributed by atoms with Gasteiger partial charge in [0.05, 0.1) is 16.1 Å². The number of aromatic nitrogens is 2. The van der Waals surface area contributed by atoms with Gasteiger partial charge >= 0.3 is 0 Å². The number of carbonyl (C=O) groups is 1. The van der Waals surface area contributed by atoms with Gasteiger partial charge in [0.15, 0.2) is 0 Å². The van der Waals surface area contributed by atoms with Crippen molar-refractivity contribution in [1.82, 2.24) is 25.1 Å². The molecular weight excluding hydrogens is 468 g/mol. The molecular formula is C25H31ClN6OS. The molecule has 1 amide bonds. The van der Waals surface area contributed by atoms with Gasteiger partial charge < -0.3 is 15.5 Å². The lowest BCUT2D eigenvalue weighted by atomic mass is 10.1. The molecule has 9 heteroatoms. The number of carbonyl (C=O) groups excluding carboxylic acids is 1. The lowest BCUT2D eigenvalue weighted by molar-refractivity contribution is 0.0952. The highest BCUT2D eigenvalue weighted by Crippen LogP contribution is 2.37. The molecule has 0 unspecified atom stereocenters. The molecule has 1 atom stereocenters. The average molecular weight is 499 g/mol. The van der Waals surface area contributed by atoms with Gasteiger partial charge in [0.25, 0.3) is 5.91 Å². The van der Waals surface area contributed by atoms with Crippen molar-refractivity contribution in [3.8, 4) is 10.6 Å². The Labute approximate surface area is 209 Å². The first kappa shape index (κ1) is 23.5. The van der Waals surface area contributed by atoms with Crippen molar-refractivity contribution in [2.75, 3.05) is 45.1 Å². The third-order valence-corrected chi connectivity index (χ3v) is 7.95. The number of nitrogens with one attached hydrogen (secondary N) is 2. The zero-order chi connectivity index (χ0) is 23.7. The van der Waals surface area contributed by atoms with Gasteiger partial charge in [0.1, 0.15) is 5.69 Å². The molecule has 7 nitrogen and oxygen atoms in total. The van der Waals surface area contributed by atoms with Gasteiger partial charge in [0, 0.05) is 60.5 Å². The largest absolute Gasteiger partial charge is 0.354 e. The van der Waals surface area contributed by atoms with Crippen LogP contribution in [0.5, 0.6) is 0 Å². The van der Waals surface area contributed by atoms with E-state index in [0.717, 1.165) is 66.9 Å². The predicted octanol–water partition coefficient (Wildman–Crippen LogP) is 4.34. The van der Waals surface area contributed by atoms with E-state index in [4.69, 9.17) is 16.6 Å². The quantitative estimate of drug-likeness (QED) is 0.450. The number of nitrogens with zero attached hydrogens (tertiary/aromatic N) is 4. The van der Waals surface area contributed by atoms with E-state index in [2.05, 4.69) is 39.4 Å². The molecule has 2 aliphatic rings. The molecule has 1 saturated heterocycles. The monoisotopic (exact) mass is 498 g/mol. The van der Waals surface area contributed by atoms with Crippen molar-refractivity contribution in [3.05, 3.63) is 41.0 Å². The summed E-state index contributed by atoms with van der Waals surface area (Å²) in [5, 5.41) is 7.89. The first-order valence-electron chi connectivity index (χ1n) is 12.0. The minimum Gasteiger partial charge on any atom is -0.354 e. The first-order chi connectivity index (χ1) is 16.5. The Hall–Kier alpha value is -2.26. The normalized spacial score (nSPS) is 19.4. The number of hydrogen-bond donors (Lipinski definition) is 2. The summed E-state index contributed by atoms with van der Waals surface area (Å²) >= 11 is 8.09. The number of anilines is 1. The van der Waals surface area contributed by atoms with E-state index in [1.807, 2.05) is 24.3 Å². The summed E-state index contributed by atoms with van der Waals surface area (Å²) in [5.74, 6) is 0.568. The van der Waals surface area contributed by atoms with Crippen molar-refractivity contribution in [3.63, 3.8) is 0 Å². The summed E-state index contributed by atoms with van der Waals surface area (Å²) in [6, 6.07) is 8.78. The van der Waals surface area contributed by atoms with E-state index < -0.39 is 0 Å². The molecule has 2 N–H and O–H groups in total. The van der Waals surface area contributed by atoms with E-state index in [0.29, 0.717) is 34.3 Å². The zero-order valence-corrected chi connectivity index (χ0v) is 21.3. The van der Waals surface area contributed by atoms with Gasteiger partial charge in [-0.3, -0.25) is 9.69 Å². The highest BCUT2D eigenvalue weighted by molar-refractivity contribution is 7.22. The predicted molar refractivity (Wildman–Crippen MR) is 140 cm³/mol. The van der Waals surface area contributed by atoms with E-state index in [1.165, 1.54) is 0 Å². The SMILES string of the molecule is C[C@@H]1CN(C)CCN1CCCNc1ncc(Cl)c(-c2cc3c(C(=O)NC4CC4)cccc3s2)n1. The molecule has 0 spiro atoms. The highest BCUT2D eigenvalue weighted by atomic mass is 35.5. The number of amides is 1. The van der Waals surface area contributed by atoms with Crippen LogP contribution in [0.25, 0.3) is 20.7 Å². The van der Waals surface area contributed by atoms with Gasteiger partial charge in [0.2, 0.25) is 5.95 Å². The van der Waals surface area contributed by atoms with Crippen LogP contribution in [0.15, 0.2) is 30.5 Å². The van der Waals surface area contributed by atoms with Crippen LogP contribution < -0.4 is 10.6 Å². The Morgan fingerprint density at radius 1 is 1.29 bits per heavy atom. The fourth-order valence-electron chi connectivity index (χ4n) is 4.48. The van der Waals surface area contributed by atoms with E-state index >= 15 is 0 Å². The number of benzene rings is 1. The second-order valence-corrected chi connectivity index (χ2v) is 10.9. The summed E-state index contributed by atoms with van der Waals surface area (Å²) in [6.07, 6.45) is 4.81. The molecule has 0 radical (unpaired) electrons. The smallest absolute Gasteiger partial charge is 0.252 e. The van der Waals surface area contributed by atoms with Gasteiger partial charge in [-0.25, -0.2) is 9.97 Å². The summed E-state index contributed by atoms with van der Waals surface area (Å²) < 4.78 is 1.05. The van der Waals surface area contributed by atoms with E-state index in [-0.39, 0.29) is 5.91 Å². The number of hydrogen-bond acceptors (Lipinski definition) is 7. The summed E-state index contributed by atoms with van der Waals surface area (Å²) in [7, 11) is 2.19. The Kier molecular flexibility index (Phi) is 7.01. The molecule has 3 heterocycles. The van der Waals surface area contributed by atoms with Crippen molar-refractivity contribution < 1.29 is 4.79 Å². The molecule has 180 valence electrons. The van der Waals surface area contributed by atoms with Crippen LogP contribution in [0.3, 0.4) is 0 Å². The molecule has 34 heavy (non-hydrogen) atoms. The minimum atomic E-state index is -0.0109. The molecule has 2 fully saturated rings. The number of halogens is 1. The number of thiophene rings is 1. The molecule has 1 saturated carbocycles. The molecule has 1 aliphatic carbocycles. The molecule has 1 aromatic carbocycles. The lowest BCUT2D eigenvalue weighted by Crippen LogP contribution is -2.50. The molecule has 0 bridgehead atoms. The number of fused-ring (bicyclic) bond motifs is 1. The van der Waals surface area contributed by atoms with Crippen molar-refractivity contribution in [2.45, 2.75) is 38.3 Å². The summed E-state index contributed by atoms with van der Waals surface area (Å²) in [6.45, 7) is 7.52. The lowest BCUT2D eigenvalue weighted by Gasteiger charge is -2.38. The Morgan fingerprint density at radius 3 is 2.94 bits per heavy atom. The average Bonchev–Trinajstić information content (AvgIpc) is 3.52. The molecule has 3 aromatic rings. The molecule has 1 aliphatic heterocycles. The standard InChI is InChI=1S/C25H31ClN6OS/c1-16-15-31(2)11-12-32(16)10-4-9-27-25-28-14-20(26)23(30-25)22-13-19-18(5-3-6-21(19)34-22)24(33)29-17-7-8-17/h3,5-6,13-14,16-17H,4,7-12,15H2,1-2H3,(H,29,33)(H,27,28,30)/t16-/m1/s1. The maximum absolute atomic E-state index is 12.7. The second-order valence-electron chi connectivity index (χ2n) is 9.39. The third-order valence-electron chi connectivity index (χ3n) is 6.57. The number of piperazine rings is 1. The summed E-state index contributed by atoms with van der Waals surface area (Å²) in [5.41, 5.74) is 1.40. The van der Waals surface area contributed by atoms with Crippen molar-refractivity contribution in [1.29, 1.82) is 0 Å². The minimum absolute atomic E-state index is 0.0109.